The minimum atomic E-state index is -0.145. The summed E-state index contributed by atoms with van der Waals surface area (Å²) in [5.74, 6) is 1.52. The topological polar surface area (TPSA) is 54.0 Å². The highest BCUT2D eigenvalue weighted by atomic mass is 32.1. The normalized spacial score (nSPS) is 16.1. The second-order valence-electron chi connectivity index (χ2n) is 5.93. The van der Waals surface area contributed by atoms with Crippen LogP contribution in [0.2, 0.25) is 0 Å². The van der Waals surface area contributed by atoms with Crippen LogP contribution in [0.25, 0.3) is 0 Å². The van der Waals surface area contributed by atoms with Gasteiger partial charge >= 0.3 is 5.97 Å². The van der Waals surface area contributed by atoms with Crippen LogP contribution in [0.15, 0.2) is 10.8 Å². The predicted molar refractivity (Wildman–Crippen MR) is 84.7 cm³/mol. The lowest BCUT2D eigenvalue weighted by atomic mass is 9.94. The van der Waals surface area contributed by atoms with E-state index in [0.717, 1.165) is 30.8 Å². The molecule has 0 aliphatic carbocycles. The van der Waals surface area contributed by atoms with Gasteiger partial charge in [-0.25, -0.2) is 0 Å². The number of carbonyl (C=O) groups is 1. The lowest BCUT2D eigenvalue weighted by Gasteiger charge is -2.26. The SMILES string of the molecule is COC(=O)CCCCCOCC1(C)COc2cscc2OC1. The van der Waals surface area contributed by atoms with Crippen molar-refractivity contribution in [3.05, 3.63) is 10.8 Å². The molecule has 5 nitrogen and oxygen atoms in total. The highest BCUT2D eigenvalue weighted by Gasteiger charge is 2.31. The maximum absolute atomic E-state index is 11.0. The first-order valence-electron chi connectivity index (χ1n) is 7.59. The summed E-state index contributed by atoms with van der Waals surface area (Å²) in [6.07, 6.45) is 3.25. The Balaban J connectivity index is 1.59. The number of rotatable bonds is 8. The number of ether oxygens (including phenoxy) is 4. The fourth-order valence-electron chi connectivity index (χ4n) is 2.18. The van der Waals surface area contributed by atoms with Crippen LogP contribution in [-0.4, -0.2) is 39.5 Å². The third-order valence-corrected chi connectivity index (χ3v) is 4.29. The van der Waals surface area contributed by atoms with E-state index in [4.69, 9.17) is 14.2 Å². The van der Waals surface area contributed by atoms with Crippen LogP contribution in [0, 0.1) is 5.41 Å². The molecule has 1 aliphatic rings. The molecule has 0 fully saturated rings. The number of thiophene rings is 1. The van der Waals surface area contributed by atoms with Crippen LogP contribution >= 0.6 is 11.3 Å². The average Bonchev–Trinajstić information content (AvgIpc) is 2.91. The molecular formula is C16H24O5S. The summed E-state index contributed by atoms with van der Waals surface area (Å²) >= 11 is 1.58. The van der Waals surface area contributed by atoms with Gasteiger partial charge in [-0.05, 0) is 12.8 Å². The van der Waals surface area contributed by atoms with E-state index in [2.05, 4.69) is 11.7 Å². The first kappa shape index (κ1) is 17.1. The quantitative estimate of drug-likeness (QED) is 0.541. The fourth-order valence-corrected chi connectivity index (χ4v) is 2.87. The predicted octanol–water partition coefficient (Wildman–Crippen LogP) is 3.28. The number of esters is 1. The Morgan fingerprint density at radius 2 is 1.91 bits per heavy atom. The number of hydrogen-bond acceptors (Lipinski definition) is 6. The third kappa shape index (κ3) is 5.18. The van der Waals surface area contributed by atoms with Crippen LogP contribution in [0.3, 0.4) is 0 Å². The van der Waals surface area contributed by atoms with Crippen molar-refractivity contribution < 1.29 is 23.7 Å². The Bertz CT molecular complexity index is 448. The molecule has 0 aromatic carbocycles. The molecule has 0 amide bonds. The van der Waals surface area contributed by atoms with Crippen molar-refractivity contribution >= 4 is 17.3 Å². The molecule has 0 saturated heterocycles. The van der Waals surface area contributed by atoms with Gasteiger partial charge in [0, 0.05) is 23.8 Å². The number of hydrogen-bond donors (Lipinski definition) is 0. The molecule has 0 atom stereocenters. The van der Waals surface area contributed by atoms with Gasteiger partial charge in [0.2, 0.25) is 0 Å². The van der Waals surface area contributed by atoms with Crippen molar-refractivity contribution in [1.82, 2.24) is 0 Å². The van der Waals surface area contributed by atoms with Crippen LogP contribution in [0.4, 0.5) is 0 Å². The molecule has 0 radical (unpaired) electrons. The van der Waals surface area contributed by atoms with Crippen LogP contribution in [-0.2, 0) is 14.3 Å². The summed E-state index contributed by atoms with van der Waals surface area (Å²) in [5.41, 5.74) is -0.136. The third-order valence-electron chi connectivity index (χ3n) is 3.59. The van der Waals surface area contributed by atoms with Crippen LogP contribution < -0.4 is 9.47 Å². The molecule has 0 spiro atoms. The van der Waals surface area contributed by atoms with Crippen LogP contribution in [0.5, 0.6) is 11.5 Å². The Hall–Kier alpha value is -1.27. The van der Waals surface area contributed by atoms with E-state index in [-0.39, 0.29) is 11.4 Å². The Morgan fingerprint density at radius 1 is 1.23 bits per heavy atom. The molecular weight excluding hydrogens is 304 g/mol. The first-order chi connectivity index (χ1) is 10.6. The molecule has 0 unspecified atom stereocenters. The molecule has 22 heavy (non-hydrogen) atoms. The fraction of sp³-hybridized carbons (Fsp3) is 0.688. The molecule has 1 aromatic heterocycles. The zero-order valence-electron chi connectivity index (χ0n) is 13.3. The molecule has 6 heteroatoms. The molecule has 1 aromatic rings. The van der Waals surface area contributed by atoms with Crippen molar-refractivity contribution in [1.29, 1.82) is 0 Å². The van der Waals surface area contributed by atoms with E-state index in [0.29, 0.717) is 32.8 Å². The first-order valence-corrected chi connectivity index (χ1v) is 8.54. The lowest BCUT2D eigenvalue weighted by molar-refractivity contribution is -0.140. The summed E-state index contributed by atoms with van der Waals surface area (Å²) < 4.78 is 22.0. The smallest absolute Gasteiger partial charge is 0.305 e. The maximum atomic E-state index is 11.0. The van der Waals surface area contributed by atoms with Gasteiger partial charge in [-0.1, -0.05) is 13.3 Å². The minimum Gasteiger partial charge on any atom is -0.488 e. The van der Waals surface area contributed by atoms with Gasteiger partial charge in [-0.2, -0.15) is 0 Å². The molecule has 2 heterocycles. The van der Waals surface area contributed by atoms with Crippen molar-refractivity contribution in [2.24, 2.45) is 5.41 Å². The summed E-state index contributed by atoms with van der Waals surface area (Å²) in [6, 6.07) is 0. The zero-order valence-corrected chi connectivity index (χ0v) is 14.1. The van der Waals surface area contributed by atoms with Gasteiger partial charge in [-0.3, -0.25) is 4.79 Å². The van der Waals surface area contributed by atoms with E-state index in [1.54, 1.807) is 11.3 Å². The molecule has 2 rings (SSSR count). The lowest BCUT2D eigenvalue weighted by Crippen LogP contribution is -2.35. The zero-order chi connectivity index (χ0) is 15.8. The highest BCUT2D eigenvalue weighted by molar-refractivity contribution is 7.08. The van der Waals surface area contributed by atoms with E-state index >= 15 is 0 Å². The Kier molecular flexibility index (Phi) is 6.51. The monoisotopic (exact) mass is 328 g/mol. The van der Waals surface area contributed by atoms with Gasteiger partial charge in [0.1, 0.15) is 0 Å². The van der Waals surface area contributed by atoms with Gasteiger partial charge in [0.15, 0.2) is 11.5 Å². The van der Waals surface area contributed by atoms with Gasteiger partial charge < -0.3 is 18.9 Å². The molecule has 124 valence electrons. The Morgan fingerprint density at radius 3 is 2.55 bits per heavy atom. The average molecular weight is 328 g/mol. The maximum Gasteiger partial charge on any atom is 0.305 e. The van der Waals surface area contributed by atoms with Crippen molar-refractivity contribution in [3.8, 4) is 11.5 Å². The van der Waals surface area contributed by atoms with E-state index in [1.165, 1.54) is 7.11 Å². The highest BCUT2D eigenvalue weighted by Crippen LogP contribution is 2.36. The molecule has 0 saturated carbocycles. The summed E-state index contributed by atoms with van der Waals surface area (Å²) in [4.78, 5) is 11.0. The number of unbranched alkanes of at least 4 members (excludes halogenated alkanes) is 2. The van der Waals surface area contributed by atoms with Gasteiger partial charge in [-0.15, -0.1) is 11.3 Å². The standard InChI is InChI=1S/C16H24O5S/c1-16(10-19-7-5-3-4-6-15(17)18-2)11-20-13-8-22-9-14(13)21-12-16/h8-9H,3-7,10-12H2,1-2H3. The van der Waals surface area contributed by atoms with Crippen molar-refractivity contribution in [2.45, 2.75) is 32.6 Å². The van der Waals surface area contributed by atoms with E-state index < -0.39 is 0 Å². The second-order valence-corrected chi connectivity index (χ2v) is 6.67. The number of methoxy groups -OCH3 is 1. The molecule has 1 aliphatic heterocycles. The summed E-state index contributed by atoms with van der Waals surface area (Å²) in [7, 11) is 1.42. The van der Waals surface area contributed by atoms with Crippen molar-refractivity contribution in [2.75, 3.05) is 33.5 Å². The van der Waals surface area contributed by atoms with Crippen LogP contribution in [0.1, 0.15) is 32.6 Å². The van der Waals surface area contributed by atoms with E-state index in [1.807, 2.05) is 10.8 Å². The minimum absolute atomic E-state index is 0.136. The van der Waals surface area contributed by atoms with E-state index in [9.17, 15) is 4.79 Å². The van der Waals surface area contributed by atoms with Gasteiger partial charge in [0.25, 0.3) is 0 Å². The largest absolute Gasteiger partial charge is 0.488 e. The Labute approximate surface area is 135 Å². The summed E-state index contributed by atoms with van der Waals surface area (Å²) in [5, 5.41) is 3.92. The molecule has 0 N–H and O–H groups in total. The summed E-state index contributed by atoms with van der Waals surface area (Å²) in [6.45, 7) is 4.60. The van der Waals surface area contributed by atoms with Gasteiger partial charge in [0.05, 0.1) is 32.3 Å². The number of carbonyl (C=O) groups excluding carboxylic acids is 1. The molecule has 0 bridgehead atoms. The number of fused-ring (bicyclic) bond motifs is 1. The van der Waals surface area contributed by atoms with Crippen molar-refractivity contribution in [3.63, 3.8) is 0 Å². The second kappa shape index (κ2) is 8.39.